The number of nitrogens with one attached hydrogen (secondary N) is 3. The van der Waals surface area contributed by atoms with Crippen LogP contribution in [0.3, 0.4) is 0 Å². The highest BCUT2D eigenvalue weighted by molar-refractivity contribution is 7.80. The van der Waals surface area contributed by atoms with E-state index < -0.39 is 41.8 Å². The minimum Gasteiger partial charge on any atom is -0.508 e. The Morgan fingerprint density at radius 1 is 0.906 bits per heavy atom. The number of aliphatic carboxylic acids is 1. The third-order valence-corrected chi connectivity index (χ3v) is 4.96. The van der Waals surface area contributed by atoms with Gasteiger partial charge in [0.2, 0.25) is 17.7 Å². The molecule has 1 rings (SSSR count). The number of carboxylic acids is 1. The van der Waals surface area contributed by atoms with E-state index in [4.69, 9.17) is 11.5 Å². The second-order valence-corrected chi connectivity index (χ2v) is 7.49. The van der Waals surface area contributed by atoms with Crippen molar-refractivity contribution in [2.24, 2.45) is 11.5 Å². The first-order chi connectivity index (χ1) is 15.2. The first-order valence-corrected chi connectivity index (χ1v) is 10.8. The highest BCUT2D eigenvalue weighted by Crippen LogP contribution is 2.11. The van der Waals surface area contributed by atoms with Crippen molar-refractivity contribution in [3.63, 3.8) is 0 Å². The second-order valence-electron chi connectivity index (χ2n) is 7.12. The average Bonchev–Trinajstić information content (AvgIpc) is 2.77. The van der Waals surface area contributed by atoms with Crippen molar-refractivity contribution in [1.82, 2.24) is 16.0 Å². The fraction of sp³-hybridized carbons (Fsp3) is 0.500. The summed E-state index contributed by atoms with van der Waals surface area (Å²) in [5.41, 5.74) is 11.3. The van der Waals surface area contributed by atoms with Crippen molar-refractivity contribution < 1.29 is 29.4 Å². The maximum absolute atomic E-state index is 12.7. The molecule has 0 bridgehead atoms. The normalized spacial score (nSPS) is 13.5. The molecule has 0 saturated heterocycles. The molecule has 0 radical (unpaired) electrons. The third-order valence-electron chi connectivity index (χ3n) is 4.59. The molecule has 0 saturated carbocycles. The summed E-state index contributed by atoms with van der Waals surface area (Å²) in [4.78, 5) is 48.5. The number of phenols is 1. The number of carbonyl (C=O) groups excluding carboxylic acids is 3. The molecule has 12 heteroatoms. The number of aromatic hydroxyl groups is 1. The number of benzene rings is 1. The SMILES string of the molecule is NCCCCC(NC(=O)CN)C(=O)NC(CS)C(=O)NC(Cc1ccc(O)cc1)C(=O)O. The zero-order valence-corrected chi connectivity index (χ0v) is 18.5. The van der Waals surface area contributed by atoms with Crippen LogP contribution in [0.4, 0.5) is 0 Å². The van der Waals surface area contributed by atoms with Crippen LogP contribution in [-0.4, -0.2) is 70.9 Å². The Morgan fingerprint density at radius 3 is 2.03 bits per heavy atom. The lowest BCUT2D eigenvalue weighted by Gasteiger charge is -2.23. The molecule has 32 heavy (non-hydrogen) atoms. The van der Waals surface area contributed by atoms with Gasteiger partial charge < -0.3 is 37.6 Å². The lowest BCUT2D eigenvalue weighted by molar-refractivity contribution is -0.142. The zero-order valence-electron chi connectivity index (χ0n) is 17.6. The maximum Gasteiger partial charge on any atom is 0.326 e. The molecule has 11 nitrogen and oxygen atoms in total. The van der Waals surface area contributed by atoms with E-state index in [1.54, 1.807) is 12.1 Å². The van der Waals surface area contributed by atoms with Gasteiger partial charge in [0.25, 0.3) is 0 Å². The molecule has 1 aromatic carbocycles. The van der Waals surface area contributed by atoms with E-state index in [0.29, 0.717) is 31.4 Å². The van der Waals surface area contributed by atoms with E-state index in [-0.39, 0.29) is 24.5 Å². The molecular weight excluding hydrogens is 438 g/mol. The van der Waals surface area contributed by atoms with Crippen LogP contribution in [0.25, 0.3) is 0 Å². The monoisotopic (exact) mass is 469 g/mol. The Bertz CT molecular complexity index is 776. The highest BCUT2D eigenvalue weighted by Gasteiger charge is 2.28. The van der Waals surface area contributed by atoms with Gasteiger partial charge in [-0.3, -0.25) is 14.4 Å². The van der Waals surface area contributed by atoms with Crippen molar-refractivity contribution >= 4 is 36.3 Å². The predicted molar refractivity (Wildman–Crippen MR) is 121 cm³/mol. The number of hydrogen-bond acceptors (Lipinski definition) is 8. The standard InChI is InChI=1S/C20H31N5O6S/c21-8-2-1-3-14(23-17(27)10-22)18(28)25-16(11-32)19(29)24-15(20(30)31)9-12-4-6-13(26)7-5-12/h4-7,14-16,26,32H,1-3,8-11,21-22H2,(H,23,27)(H,24,29)(H,25,28)(H,30,31). The quantitative estimate of drug-likeness (QED) is 0.119. The fourth-order valence-corrected chi connectivity index (χ4v) is 3.08. The summed E-state index contributed by atoms with van der Waals surface area (Å²) in [6, 6.07) is 2.60. The predicted octanol–water partition coefficient (Wildman–Crippen LogP) is -1.51. The van der Waals surface area contributed by atoms with Gasteiger partial charge in [-0.05, 0) is 43.5 Å². The molecule has 178 valence electrons. The molecule has 0 aromatic heterocycles. The van der Waals surface area contributed by atoms with Crippen LogP contribution >= 0.6 is 12.6 Å². The van der Waals surface area contributed by atoms with Crippen LogP contribution in [0.1, 0.15) is 24.8 Å². The second kappa shape index (κ2) is 14.3. The lowest BCUT2D eigenvalue weighted by Crippen LogP contribution is -2.57. The Hall–Kier alpha value is -2.83. The number of nitrogens with two attached hydrogens (primary N) is 2. The number of carboxylic acid groups (broad SMARTS) is 1. The van der Waals surface area contributed by atoms with E-state index >= 15 is 0 Å². The molecule has 0 heterocycles. The van der Waals surface area contributed by atoms with Gasteiger partial charge in [0, 0.05) is 12.2 Å². The van der Waals surface area contributed by atoms with E-state index in [1.807, 2.05) is 0 Å². The van der Waals surface area contributed by atoms with Gasteiger partial charge in [0.05, 0.1) is 6.54 Å². The van der Waals surface area contributed by atoms with Crippen molar-refractivity contribution in [1.29, 1.82) is 0 Å². The molecule has 0 fully saturated rings. The fourth-order valence-electron chi connectivity index (χ4n) is 2.82. The van der Waals surface area contributed by atoms with E-state index in [0.717, 1.165) is 0 Å². The molecule has 0 aliphatic heterocycles. The van der Waals surface area contributed by atoms with E-state index in [1.165, 1.54) is 12.1 Å². The summed E-state index contributed by atoms with van der Waals surface area (Å²) in [6.07, 6.45) is 1.50. The minimum absolute atomic E-state index is 0.0249. The summed E-state index contributed by atoms with van der Waals surface area (Å²) in [5, 5.41) is 26.2. The van der Waals surface area contributed by atoms with Gasteiger partial charge in [-0.2, -0.15) is 12.6 Å². The first kappa shape index (κ1) is 27.2. The zero-order chi connectivity index (χ0) is 24.1. The van der Waals surface area contributed by atoms with Gasteiger partial charge in [0.15, 0.2) is 0 Å². The number of carbonyl (C=O) groups is 4. The van der Waals surface area contributed by atoms with Crippen molar-refractivity contribution in [2.45, 2.75) is 43.8 Å². The van der Waals surface area contributed by atoms with Gasteiger partial charge in [-0.25, -0.2) is 4.79 Å². The molecule has 0 aliphatic carbocycles. The molecule has 3 unspecified atom stereocenters. The summed E-state index contributed by atoms with van der Waals surface area (Å²) in [7, 11) is 0. The Morgan fingerprint density at radius 2 is 1.50 bits per heavy atom. The number of hydrogen-bond donors (Lipinski definition) is 8. The lowest BCUT2D eigenvalue weighted by atomic mass is 10.1. The summed E-state index contributed by atoms with van der Waals surface area (Å²) < 4.78 is 0. The van der Waals surface area contributed by atoms with Crippen LogP contribution < -0.4 is 27.4 Å². The summed E-state index contributed by atoms with van der Waals surface area (Å²) >= 11 is 4.08. The molecule has 1 aromatic rings. The number of thiol groups is 1. The largest absolute Gasteiger partial charge is 0.508 e. The topological polar surface area (TPSA) is 197 Å². The van der Waals surface area contributed by atoms with Crippen LogP contribution in [0, 0.1) is 0 Å². The number of phenolic OH excluding ortho intramolecular Hbond substituents is 1. The van der Waals surface area contributed by atoms with Crippen LogP contribution in [0.5, 0.6) is 5.75 Å². The van der Waals surface area contributed by atoms with Gasteiger partial charge in [-0.1, -0.05) is 12.1 Å². The Labute approximate surface area is 191 Å². The van der Waals surface area contributed by atoms with Gasteiger partial charge >= 0.3 is 5.97 Å². The molecule has 3 amide bonds. The summed E-state index contributed by atoms with van der Waals surface area (Å²) in [6.45, 7) is 0.132. The molecule has 9 N–H and O–H groups in total. The van der Waals surface area contributed by atoms with Gasteiger partial charge in [0.1, 0.15) is 23.9 Å². The van der Waals surface area contributed by atoms with Gasteiger partial charge in [-0.15, -0.1) is 0 Å². The van der Waals surface area contributed by atoms with Crippen LogP contribution in [-0.2, 0) is 25.6 Å². The Kier molecular flexibility index (Phi) is 12.1. The van der Waals surface area contributed by atoms with Crippen molar-refractivity contribution in [3.8, 4) is 5.75 Å². The van der Waals surface area contributed by atoms with Crippen molar-refractivity contribution in [2.75, 3.05) is 18.8 Å². The Balaban J connectivity index is 2.81. The van der Waals surface area contributed by atoms with Crippen LogP contribution in [0.2, 0.25) is 0 Å². The maximum atomic E-state index is 12.7. The first-order valence-electron chi connectivity index (χ1n) is 10.1. The molecule has 3 atom stereocenters. The smallest absolute Gasteiger partial charge is 0.326 e. The van der Waals surface area contributed by atoms with Crippen molar-refractivity contribution in [3.05, 3.63) is 29.8 Å². The number of rotatable bonds is 14. The summed E-state index contributed by atoms with van der Waals surface area (Å²) in [5.74, 6) is -3.18. The van der Waals surface area contributed by atoms with E-state index in [9.17, 15) is 29.4 Å². The molecule has 0 aliphatic rings. The highest BCUT2D eigenvalue weighted by atomic mass is 32.1. The minimum atomic E-state index is -1.26. The molecule has 0 spiro atoms. The number of amides is 3. The average molecular weight is 470 g/mol. The van der Waals surface area contributed by atoms with Crippen LogP contribution in [0.15, 0.2) is 24.3 Å². The van der Waals surface area contributed by atoms with E-state index in [2.05, 4.69) is 28.6 Å². The third kappa shape index (κ3) is 9.54. The molecular formula is C20H31N5O6S. The number of unbranched alkanes of at least 4 members (excludes halogenated alkanes) is 1.